The van der Waals surface area contributed by atoms with Gasteiger partial charge in [-0.05, 0) is 27.8 Å². The molecular weight excluding hydrogens is 344 g/mol. The van der Waals surface area contributed by atoms with Gasteiger partial charge in [0.15, 0.2) is 5.60 Å². The number of rotatable bonds is 6. The van der Waals surface area contributed by atoms with Crippen LogP contribution in [0.2, 0.25) is 16.6 Å². The van der Waals surface area contributed by atoms with Gasteiger partial charge in [-0.25, -0.2) is 0 Å². The Kier molecular flexibility index (Phi) is 7.09. The van der Waals surface area contributed by atoms with Gasteiger partial charge in [0, 0.05) is 6.42 Å². The van der Waals surface area contributed by atoms with Crippen LogP contribution in [0.1, 0.15) is 52.7 Å². The van der Waals surface area contributed by atoms with Crippen molar-refractivity contribution in [1.29, 1.82) is 0 Å². The van der Waals surface area contributed by atoms with E-state index >= 15 is 0 Å². The summed E-state index contributed by atoms with van der Waals surface area (Å²) in [5.74, 6) is 3.41. The molecule has 0 heterocycles. The maximum absolute atomic E-state index is 11.7. The Morgan fingerprint density at radius 3 is 1.67 bits per heavy atom. The fourth-order valence-electron chi connectivity index (χ4n) is 4.47. The van der Waals surface area contributed by atoms with Crippen LogP contribution >= 0.6 is 0 Å². The zero-order valence-corrected chi connectivity index (χ0v) is 18.7. The topological polar surface area (TPSA) is 20.2 Å². The highest BCUT2D eigenvalue weighted by molar-refractivity contribution is 6.90. The lowest BCUT2D eigenvalue weighted by atomic mass is 9.88. The van der Waals surface area contributed by atoms with Crippen LogP contribution in [-0.4, -0.2) is 13.2 Å². The van der Waals surface area contributed by atoms with Gasteiger partial charge >= 0.3 is 0 Å². The minimum Gasteiger partial charge on any atom is -0.373 e. The number of hydrogen-bond donors (Lipinski definition) is 1. The molecule has 2 heteroatoms. The minimum absolute atomic E-state index is 0.504. The largest absolute Gasteiger partial charge is 0.373 e. The van der Waals surface area contributed by atoms with E-state index < -0.39 is 13.7 Å². The Labute approximate surface area is 166 Å². The van der Waals surface area contributed by atoms with E-state index in [2.05, 4.69) is 65.1 Å². The first-order valence-electron chi connectivity index (χ1n) is 10.1. The summed E-state index contributed by atoms with van der Waals surface area (Å²) >= 11 is 0. The maximum atomic E-state index is 11.7. The molecule has 0 saturated carbocycles. The molecule has 1 nitrogen and oxygen atoms in total. The van der Waals surface area contributed by atoms with E-state index in [1.807, 2.05) is 48.5 Å². The van der Waals surface area contributed by atoms with Crippen molar-refractivity contribution in [3.8, 4) is 11.5 Å². The highest BCUT2D eigenvalue weighted by Gasteiger charge is 2.42. The Balaban J connectivity index is 2.57. The lowest BCUT2D eigenvalue weighted by Crippen LogP contribution is -2.44. The van der Waals surface area contributed by atoms with Gasteiger partial charge in [-0.15, -0.1) is 5.54 Å². The van der Waals surface area contributed by atoms with Gasteiger partial charge < -0.3 is 5.11 Å². The van der Waals surface area contributed by atoms with Crippen LogP contribution in [0.25, 0.3) is 0 Å². The maximum Gasteiger partial charge on any atom is 0.154 e. The van der Waals surface area contributed by atoms with Crippen LogP contribution in [-0.2, 0) is 12.0 Å². The van der Waals surface area contributed by atoms with E-state index in [4.69, 9.17) is 0 Å². The summed E-state index contributed by atoms with van der Waals surface area (Å²) < 4.78 is 0. The van der Waals surface area contributed by atoms with Crippen molar-refractivity contribution in [2.75, 3.05) is 0 Å². The summed E-state index contributed by atoms with van der Waals surface area (Å²) in [5, 5.41) is 11.7. The molecule has 0 radical (unpaired) electrons. The monoisotopic (exact) mass is 378 g/mol. The third-order valence-electron chi connectivity index (χ3n) is 5.91. The first-order chi connectivity index (χ1) is 12.7. The fraction of sp³-hybridized carbons (Fsp3) is 0.440. The molecule has 2 aromatic rings. The summed E-state index contributed by atoms with van der Waals surface area (Å²) in [5.41, 5.74) is 6.17. The van der Waals surface area contributed by atoms with Crippen LogP contribution < -0.4 is 0 Å². The van der Waals surface area contributed by atoms with E-state index in [1.165, 1.54) is 0 Å². The second-order valence-corrected chi connectivity index (χ2v) is 14.1. The van der Waals surface area contributed by atoms with Gasteiger partial charge in [-0.2, -0.15) is 0 Å². The average Bonchev–Trinajstić information content (AvgIpc) is 2.63. The van der Waals surface area contributed by atoms with Gasteiger partial charge in [-0.1, -0.05) is 108 Å². The van der Waals surface area contributed by atoms with Crippen molar-refractivity contribution >= 4 is 8.07 Å². The van der Waals surface area contributed by atoms with Crippen molar-refractivity contribution in [3.63, 3.8) is 0 Å². The summed E-state index contributed by atoms with van der Waals surface area (Å²) in [6.45, 7) is 13.8. The van der Waals surface area contributed by atoms with E-state index in [0.29, 0.717) is 23.0 Å². The fourth-order valence-corrected chi connectivity index (χ4v) is 9.76. The molecule has 0 aliphatic carbocycles. The summed E-state index contributed by atoms with van der Waals surface area (Å²) in [6, 6.07) is 20.1. The smallest absolute Gasteiger partial charge is 0.154 e. The number of aliphatic hydroxyl groups is 1. The third kappa shape index (κ3) is 4.72. The molecule has 0 saturated heterocycles. The van der Waals surface area contributed by atoms with E-state index in [0.717, 1.165) is 11.1 Å². The van der Waals surface area contributed by atoms with E-state index in [-0.39, 0.29) is 0 Å². The summed E-state index contributed by atoms with van der Waals surface area (Å²) in [4.78, 5) is 0. The first kappa shape index (κ1) is 21.5. The average molecular weight is 379 g/mol. The Morgan fingerprint density at radius 2 is 1.22 bits per heavy atom. The van der Waals surface area contributed by atoms with Crippen LogP contribution in [0.15, 0.2) is 60.7 Å². The normalized spacial score (nSPS) is 14.1. The summed E-state index contributed by atoms with van der Waals surface area (Å²) in [6.07, 6.45) is 0.504. The first-order valence-corrected chi connectivity index (χ1v) is 12.3. The highest BCUT2D eigenvalue weighted by atomic mass is 28.3. The molecule has 0 bridgehead atoms. The predicted molar refractivity (Wildman–Crippen MR) is 119 cm³/mol. The molecule has 1 N–H and O–H groups in total. The van der Waals surface area contributed by atoms with Gasteiger partial charge in [0.05, 0.1) is 0 Å². The highest BCUT2D eigenvalue weighted by Crippen LogP contribution is 2.41. The van der Waals surface area contributed by atoms with E-state index in [1.54, 1.807) is 0 Å². The Hall–Kier alpha value is -1.82. The predicted octanol–water partition coefficient (Wildman–Crippen LogP) is 6.34. The molecule has 1 atom stereocenters. The van der Waals surface area contributed by atoms with Crippen LogP contribution in [0.4, 0.5) is 0 Å². The SMILES string of the molecule is CC(C)[Si](C#C[C@@](O)(Cc1ccccc1)c1ccccc1)(C(C)C)C(C)C. The third-order valence-corrected chi connectivity index (χ3v) is 12.2. The molecule has 0 aliphatic heterocycles. The molecule has 0 amide bonds. The number of benzene rings is 2. The molecular formula is C25H34OSi. The molecule has 144 valence electrons. The molecule has 2 aromatic carbocycles. The van der Waals surface area contributed by atoms with Gasteiger partial charge in [0.25, 0.3) is 0 Å². The summed E-state index contributed by atoms with van der Waals surface area (Å²) in [7, 11) is -1.91. The molecule has 0 spiro atoms. The standard InChI is InChI=1S/C25H34OSi/c1-20(2)27(21(3)4,22(5)6)18-17-25(26,24-15-11-8-12-16-24)19-23-13-9-7-10-14-23/h7-16,20-22,26H,19H2,1-6H3/t25-/m1/s1. The zero-order chi connectivity index (χ0) is 20.1. The Bertz CT molecular complexity index is 746. The van der Waals surface area contributed by atoms with Crippen molar-refractivity contribution in [1.82, 2.24) is 0 Å². The number of hydrogen-bond acceptors (Lipinski definition) is 1. The zero-order valence-electron chi connectivity index (χ0n) is 17.7. The van der Waals surface area contributed by atoms with Crippen molar-refractivity contribution in [2.45, 2.75) is 70.2 Å². The van der Waals surface area contributed by atoms with Crippen molar-refractivity contribution in [3.05, 3.63) is 71.8 Å². The van der Waals surface area contributed by atoms with Crippen LogP contribution in [0, 0.1) is 11.5 Å². The molecule has 0 aliphatic rings. The van der Waals surface area contributed by atoms with Gasteiger partial charge in [0.2, 0.25) is 0 Å². The molecule has 2 rings (SSSR count). The van der Waals surface area contributed by atoms with Gasteiger partial charge in [0.1, 0.15) is 8.07 Å². The second-order valence-electron chi connectivity index (χ2n) is 8.54. The van der Waals surface area contributed by atoms with Gasteiger partial charge in [-0.3, -0.25) is 0 Å². The molecule has 0 unspecified atom stereocenters. The van der Waals surface area contributed by atoms with Crippen LogP contribution in [0.3, 0.4) is 0 Å². The van der Waals surface area contributed by atoms with Crippen LogP contribution in [0.5, 0.6) is 0 Å². The minimum atomic E-state index is -1.91. The van der Waals surface area contributed by atoms with Crippen molar-refractivity contribution < 1.29 is 5.11 Å². The lowest BCUT2D eigenvalue weighted by Gasteiger charge is -2.38. The molecule has 27 heavy (non-hydrogen) atoms. The molecule has 0 fully saturated rings. The quantitative estimate of drug-likeness (QED) is 0.459. The molecule has 0 aromatic heterocycles. The lowest BCUT2D eigenvalue weighted by molar-refractivity contribution is 0.101. The van der Waals surface area contributed by atoms with E-state index in [9.17, 15) is 5.11 Å². The van der Waals surface area contributed by atoms with Crippen molar-refractivity contribution in [2.24, 2.45) is 0 Å². The second kappa shape index (κ2) is 8.91. The Morgan fingerprint density at radius 1 is 0.778 bits per heavy atom.